The van der Waals surface area contributed by atoms with Gasteiger partial charge in [0, 0.05) is 12.0 Å². The van der Waals surface area contributed by atoms with Crippen LogP contribution in [0.25, 0.3) is 0 Å². The van der Waals surface area contributed by atoms with Crippen LogP contribution < -0.4 is 10.5 Å². The molecule has 2 bridgehead atoms. The molecule has 0 radical (unpaired) electrons. The highest BCUT2D eigenvalue weighted by atomic mass is 16.5. The van der Waals surface area contributed by atoms with Gasteiger partial charge in [-0.25, -0.2) is 4.99 Å². The van der Waals surface area contributed by atoms with Crippen molar-refractivity contribution >= 4 is 18.0 Å². The number of benzene rings is 1. The van der Waals surface area contributed by atoms with Crippen LogP contribution in [0.3, 0.4) is 0 Å². The second-order valence-electron chi connectivity index (χ2n) is 7.71. The predicted octanol–water partition coefficient (Wildman–Crippen LogP) is 2.40. The van der Waals surface area contributed by atoms with Crippen LogP contribution >= 0.6 is 0 Å². The maximum atomic E-state index is 11.3. The largest absolute Gasteiger partial charge is 0.489 e. The van der Waals surface area contributed by atoms with Gasteiger partial charge in [0.1, 0.15) is 36.7 Å². The highest BCUT2D eigenvalue weighted by Gasteiger charge is 2.47. The number of carbonyl (C=O) groups excluding carboxylic acids is 1. The third kappa shape index (κ3) is 4.39. The number of fused-ring (bicyclic) bond motifs is 2. The lowest BCUT2D eigenvalue weighted by Gasteiger charge is -2.30. The summed E-state index contributed by atoms with van der Waals surface area (Å²) >= 11 is 0. The number of Topliss-reactive ketones (excluding diaryl/α,β-unsaturated/α-hetero) is 1. The Morgan fingerprint density at radius 3 is 2.93 bits per heavy atom. The van der Waals surface area contributed by atoms with Crippen LogP contribution in [0.2, 0.25) is 0 Å². The van der Waals surface area contributed by atoms with Crippen LogP contribution in [0.15, 0.2) is 23.2 Å². The zero-order valence-electron chi connectivity index (χ0n) is 15.8. The highest BCUT2D eigenvalue weighted by molar-refractivity contribution is 6.01. The standard InChI is InChI=1S/C21H26N4O3/c22-10-16-9-15(21(24)25-12-23)4-5-19(16)28-20-8-13-6-14(18(20)7-13)2-1-3-17(27)11-26/h4-5,9,12-14,18,20,26H,1-3,6-8,11H2,(H3,23,24,25). The van der Waals surface area contributed by atoms with Gasteiger partial charge in [-0.3, -0.25) is 10.2 Å². The number of ether oxygens (including phenoxy) is 1. The lowest BCUT2D eigenvalue weighted by molar-refractivity contribution is -0.121. The third-order valence-corrected chi connectivity index (χ3v) is 5.97. The van der Waals surface area contributed by atoms with Gasteiger partial charge in [-0.15, -0.1) is 0 Å². The predicted molar refractivity (Wildman–Crippen MR) is 105 cm³/mol. The summed E-state index contributed by atoms with van der Waals surface area (Å²) in [7, 11) is 0. The maximum Gasteiger partial charge on any atom is 0.158 e. The van der Waals surface area contributed by atoms with Gasteiger partial charge in [-0.2, -0.15) is 5.26 Å². The van der Waals surface area contributed by atoms with Crippen molar-refractivity contribution in [2.45, 2.75) is 44.6 Å². The lowest BCUT2D eigenvalue weighted by Crippen LogP contribution is -2.30. The Bertz CT molecular complexity index is 814. The van der Waals surface area contributed by atoms with Gasteiger partial charge in [0.15, 0.2) is 5.78 Å². The SMILES string of the molecule is N#Cc1cc(C(N)=NC=N)ccc1OC1CC2CC(CCCC(=O)CO)C1C2. The van der Waals surface area contributed by atoms with Crippen molar-refractivity contribution in [2.24, 2.45) is 28.5 Å². The number of rotatable bonds is 9. The molecule has 1 aromatic carbocycles. The number of nitriles is 1. The fourth-order valence-electron chi connectivity index (χ4n) is 4.72. The zero-order chi connectivity index (χ0) is 20.1. The summed E-state index contributed by atoms with van der Waals surface area (Å²) in [6.45, 7) is -0.371. The van der Waals surface area contributed by atoms with Gasteiger partial charge in [-0.1, -0.05) is 0 Å². The van der Waals surface area contributed by atoms with Crippen LogP contribution in [0, 0.1) is 34.5 Å². The molecule has 0 amide bonds. The average Bonchev–Trinajstić information content (AvgIpc) is 3.28. The first-order chi connectivity index (χ1) is 13.5. The van der Waals surface area contributed by atoms with Gasteiger partial charge < -0.3 is 15.6 Å². The van der Waals surface area contributed by atoms with Crippen LogP contribution in [-0.4, -0.2) is 35.8 Å². The molecule has 7 nitrogen and oxygen atoms in total. The Hall–Kier alpha value is -2.72. The molecule has 2 saturated carbocycles. The smallest absolute Gasteiger partial charge is 0.158 e. The van der Waals surface area contributed by atoms with Gasteiger partial charge in [-0.05, 0) is 68.1 Å². The first kappa shape index (κ1) is 20.0. The number of amidine groups is 1. The Morgan fingerprint density at radius 2 is 2.25 bits per heavy atom. The number of ketones is 1. The van der Waals surface area contributed by atoms with Crippen molar-refractivity contribution < 1.29 is 14.6 Å². The number of nitrogens with one attached hydrogen (secondary N) is 1. The second-order valence-corrected chi connectivity index (χ2v) is 7.71. The lowest BCUT2D eigenvalue weighted by atomic mass is 9.83. The van der Waals surface area contributed by atoms with Crippen molar-refractivity contribution in [2.75, 3.05) is 6.61 Å². The molecule has 148 valence electrons. The number of nitrogens with two attached hydrogens (primary N) is 1. The van der Waals surface area contributed by atoms with Crippen LogP contribution in [0.1, 0.15) is 49.7 Å². The van der Waals surface area contributed by atoms with Crippen molar-refractivity contribution in [3.8, 4) is 11.8 Å². The van der Waals surface area contributed by atoms with E-state index in [0.29, 0.717) is 41.1 Å². The molecule has 2 aliphatic carbocycles. The van der Waals surface area contributed by atoms with Crippen molar-refractivity contribution in [3.63, 3.8) is 0 Å². The Kier molecular flexibility index (Phi) is 6.42. The number of carbonyl (C=O) groups is 1. The fourth-order valence-corrected chi connectivity index (χ4v) is 4.72. The van der Waals surface area contributed by atoms with E-state index >= 15 is 0 Å². The summed E-state index contributed by atoms with van der Waals surface area (Å²) in [6.07, 6.45) is 6.51. The van der Waals surface area contributed by atoms with E-state index in [1.54, 1.807) is 18.2 Å². The number of hydrogen-bond acceptors (Lipinski definition) is 5. The Balaban J connectivity index is 1.65. The molecule has 4 unspecified atom stereocenters. The molecule has 4 atom stereocenters. The van der Waals surface area contributed by atoms with E-state index in [4.69, 9.17) is 21.0 Å². The van der Waals surface area contributed by atoms with Crippen LogP contribution in [-0.2, 0) is 4.79 Å². The monoisotopic (exact) mass is 382 g/mol. The van der Waals surface area contributed by atoms with Crippen LogP contribution in [0.5, 0.6) is 5.75 Å². The summed E-state index contributed by atoms with van der Waals surface area (Å²) in [5, 5.41) is 25.4. The van der Waals surface area contributed by atoms with Gasteiger partial charge in [0.25, 0.3) is 0 Å². The molecule has 1 aromatic rings. The third-order valence-electron chi connectivity index (χ3n) is 5.97. The van der Waals surface area contributed by atoms with E-state index in [2.05, 4.69) is 11.1 Å². The maximum absolute atomic E-state index is 11.3. The first-order valence-electron chi connectivity index (χ1n) is 9.71. The van der Waals surface area contributed by atoms with Gasteiger partial charge >= 0.3 is 0 Å². The van der Waals surface area contributed by atoms with E-state index in [1.807, 2.05) is 0 Å². The zero-order valence-corrected chi connectivity index (χ0v) is 15.8. The van der Waals surface area contributed by atoms with Crippen LogP contribution in [0.4, 0.5) is 0 Å². The molecule has 2 fully saturated rings. The molecule has 0 saturated heterocycles. The minimum absolute atomic E-state index is 0.0860. The molecule has 0 spiro atoms. The minimum Gasteiger partial charge on any atom is -0.489 e. The second kappa shape index (κ2) is 8.98. The molecule has 0 heterocycles. The van der Waals surface area contributed by atoms with Gasteiger partial charge in [0.05, 0.1) is 5.56 Å². The first-order valence-corrected chi connectivity index (χ1v) is 9.71. The minimum atomic E-state index is -0.371. The highest BCUT2D eigenvalue weighted by Crippen LogP contribution is 2.51. The molecule has 0 aliphatic heterocycles. The fraction of sp³-hybridized carbons (Fsp3) is 0.524. The molecular weight excluding hydrogens is 356 g/mol. The van der Waals surface area contributed by atoms with E-state index < -0.39 is 0 Å². The number of nitrogens with zero attached hydrogens (tertiary/aromatic N) is 2. The Labute approximate surface area is 164 Å². The van der Waals surface area contributed by atoms with Gasteiger partial charge in [0.2, 0.25) is 0 Å². The number of aliphatic hydroxyl groups excluding tert-OH is 1. The number of hydrogen-bond donors (Lipinski definition) is 3. The van der Waals surface area contributed by atoms with E-state index in [0.717, 1.165) is 32.0 Å². The molecule has 28 heavy (non-hydrogen) atoms. The summed E-state index contributed by atoms with van der Waals surface area (Å²) in [6, 6.07) is 7.31. The molecular formula is C21H26N4O3. The van der Waals surface area contributed by atoms with Crippen molar-refractivity contribution in [1.29, 1.82) is 10.7 Å². The van der Waals surface area contributed by atoms with Crippen molar-refractivity contribution in [3.05, 3.63) is 29.3 Å². The van der Waals surface area contributed by atoms with E-state index in [1.165, 1.54) is 6.42 Å². The average molecular weight is 382 g/mol. The molecule has 7 heteroatoms. The molecule has 3 rings (SSSR count). The summed E-state index contributed by atoms with van der Waals surface area (Å²) < 4.78 is 6.25. The topological polar surface area (TPSA) is 133 Å². The normalized spacial score (nSPS) is 26.1. The summed E-state index contributed by atoms with van der Waals surface area (Å²) in [5.41, 5.74) is 6.80. The number of aliphatic imine (C=N–C) groups is 1. The summed E-state index contributed by atoms with van der Waals surface area (Å²) in [4.78, 5) is 15.0. The molecule has 0 aromatic heterocycles. The van der Waals surface area contributed by atoms with E-state index in [-0.39, 0.29) is 24.3 Å². The molecule has 4 N–H and O–H groups in total. The van der Waals surface area contributed by atoms with E-state index in [9.17, 15) is 10.1 Å². The summed E-state index contributed by atoms with van der Waals surface area (Å²) in [5.74, 6) is 2.28. The quantitative estimate of drug-likeness (QED) is 0.445. The van der Waals surface area contributed by atoms with Crippen molar-refractivity contribution in [1.82, 2.24) is 0 Å². The Morgan fingerprint density at radius 1 is 1.43 bits per heavy atom. The number of aliphatic hydroxyl groups is 1. The molecule has 2 aliphatic rings.